The molecule has 0 saturated heterocycles. The second-order valence-electron chi connectivity index (χ2n) is 6.13. The summed E-state index contributed by atoms with van der Waals surface area (Å²) in [6, 6.07) is 12.2. The van der Waals surface area contributed by atoms with Gasteiger partial charge in [0.25, 0.3) is 11.8 Å². The van der Waals surface area contributed by atoms with Gasteiger partial charge in [0.2, 0.25) is 0 Å². The van der Waals surface area contributed by atoms with Gasteiger partial charge in [-0.2, -0.15) is 0 Å². The van der Waals surface area contributed by atoms with Crippen LogP contribution in [-0.4, -0.2) is 25.5 Å². The van der Waals surface area contributed by atoms with Gasteiger partial charge in [-0.1, -0.05) is 54.2 Å². The summed E-state index contributed by atoms with van der Waals surface area (Å²) in [5.41, 5.74) is 1.28. The third-order valence-electron chi connectivity index (χ3n) is 4.09. The highest BCUT2D eigenvalue weighted by Crippen LogP contribution is 2.25. The molecular formula is C21H25BrN2O3. The maximum atomic E-state index is 12.8. The van der Waals surface area contributed by atoms with E-state index in [0.29, 0.717) is 29.2 Å². The summed E-state index contributed by atoms with van der Waals surface area (Å²) < 4.78 is 6.62. The Morgan fingerprint density at radius 3 is 2.52 bits per heavy atom. The lowest BCUT2D eigenvalue weighted by molar-refractivity contribution is 0.0964. The van der Waals surface area contributed by atoms with Crippen molar-refractivity contribution in [3.05, 3.63) is 58.1 Å². The van der Waals surface area contributed by atoms with Gasteiger partial charge in [0, 0.05) is 11.5 Å². The van der Waals surface area contributed by atoms with Gasteiger partial charge in [0.15, 0.2) is 0 Å². The second kappa shape index (κ2) is 10.7. The molecule has 0 aliphatic heterocycles. The highest BCUT2D eigenvalue weighted by atomic mass is 79.9. The molecule has 2 rings (SSSR count). The molecule has 0 aliphatic carbocycles. The molecule has 0 saturated carbocycles. The summed E-state index contributed by atoms with van der Waals surface area (Å²) in [7, 11) is 1.56. The van der Waals surface area contributed by atoms with Crippen LogP contribution in [0, 0.1) is 0 Å². The number of hydrogen-bond donors (Lipinski definition) is 2. The Morgan fingerprint density at radius 2 is 1.78 bits per heavy atom. The van der Waals surface area contributed by atoms with E-state index in [0.717, 1.165) is 23.7 Å². The smallest absolute Gasteiger partial charge is 0.259 e. The van der Waals surface area contributed by atoms with Gasteiger partial charge in [0.05, 0.1) is 23.4 Å². The minimum absolute atomic E-state index is 0.257. The highest BCUT2D eigenvalue weighted by molar-refractivity contribution is 9.10. The van der Waals surface area contributed by atoms with Crippen molar-refractivity contribution in [3.8, 4) is 5.75 Å². The van der Waals surface area contributed by atoms with Gasteiger partial charge in [0.1, 0.15) is 5.75 Å². The molecule has 6 heteroatoms. The summed E-state index contributed by atoms with van der Waals surface area (Å²) in [6.45, 7) is 2.73. The number of benzene rings is 2. The molecule has 5 nitrogen and oxygen atoms in total. The molecule has 144 valence electrons. The Balaban J connectivity index is 2.16. The number of carbonyl (C=O) groups is 2. The topological polar surface area (TPSA) is 67.4 Å². The molecule has 2 amide bonds. The van der Waals surface area contributed by atoms with Crippen LogP contribution < -0.4 is 15.4 Å². The largest absolute Gasteiger partial charge is 0.493 e. The molecule has 0 heterocycles. The van der Waals surface area contributed by atoms with Crippen LogP contribution in [0.3, 0.4) is 0 Å². The van der Waals surface area contributed by atoms with Crippen LogP contribution in [0.5, 0.6) is 5.75 Å². The zero-order chi connectivity index (χ0) is 19.6. The quantitative estimate of drug-likeness (QED) is 0.546. The van der Waals surface area contributed by atoms with Crippen LogP contribution in [0.2, 0.25) is 0 Å². The van der Waals surface area contributed by atoms with Crippen molar-refractivity contribution in [2.45, 2.75) is 32.6 Å². The van der Waals surface area contributed by atoms with E-state index in [-0.39, 0.29) is 11.8 Å². The van der Waals surface area contributed by atoms with Gasteiger partial charge in [-0.15, -0.1) is 0 Å². The van der Waals surface area contributed by atoms with Crippen LogP contribution in [0.1, 0.15) is 53.3 Å². The minimum Gasteiger partial charge on any atom is -0.493 e. The summed E-state index contributed by atoms with van der Waals surface area (Å²) in [5.74, 6) is -0.0478. The Morgan fingerprint density at radius 1 is 1.00 bits per heavy atom. The average molecular weight is 433 g/mol. The molecule has 2 N–H and O–H groups in total. The lowest BCUT2D eigenvalue weighted by Gasteiger charge is -2.14. The van der Waals surface area contributed by atoms with E-state index in [1.54, 1.807) is 43.4 Å². The van der Waals surface area contributed by atoms with Crippen molar-refractivity contribution < 1.29 is 14.3 Å². The lowest BCUT2D eigenvalue weighted by Crippen LogP contribution is -2.21. The fourth-order valence-corrected chi connectivity index (χ4v) is 2.99. The van der Waals surface area contributed by atoms with E-state index in [1.807, 2.05) is 6.07 Å². The summed E-state index contributed by atoms with van der Waals surface area (Å²) in [6.07, 6.45) is 4.39. The normalized spacial score (nSPS) is 10.3. The molecule has 2 aromatic carbocycles. The van der Waals surface area contributed by atoms with E-state index in [9.17, 15) is 9.59 Å². The molecule has 0 unspecified atom stereocenters. The van der Waals surface area contributed by atoms with Crippen molar-refractivity contribution in [2.24, 2.45) is 0 Å². The van der Waals surface area contributed by atoms with Crippen LogP contribution in [0.25, 0.3) is 0 Å². The third kappa shape index (κ3) is 6.10. The number of halogens is 1. The van der Waals surface area contributed by atoms with Crippen molar-refractivity contribution >= 4 is 33.4 Å². The predicted octanol–water partition coefficient (Wildman–Crippen LogP) is 5.02. The van der Waals surface area contributed by atoms with Crippen molar-refractivity contribution in [3.63, 3.8) is 0 Å². The SMILES string of the molecule is CCCCCCOc1ccc(Br)cc1C(=O)Nc1ccccc1C(=O)NC. The van der Waals surface area contributed by atoms with Crippen molar-refractivity contribution in [1.82, 2.24) is 5.32 Å². The van der Waals surface area contributed by atoms with Gasteiger partial charge >= 0.3 is 0 Å². The molecule has 27 heavy (non-hydrogen) atoms. The zero-order valence-electron chi connectivity index (χ0n) is 15.7. The zero-order valence-corrected chi connectivity index (χ0v) is 17.3. The number of hydrogen-bond acceptors (Lipinski definition) is 3. The van der Waals surface area contributed by atoms with Crippen molar-refractivity contribution in [1.29, 1.82) is 0 Å². The molecule has 2 aromatic rings. The summed E-state index contributed by atoms with van der Waals surface area (Å²) >= 11 is 3.40. The molecule has 0 spiro atoms. The van der Waals surface area contributed by atoms with Crippen LogP contribution in [0.15, 0.2) is 46.9 Å². The van der Waals surface area contributed by atoms with E-state index >= 15 is 0 Å². The summed E-state index contributed by atoms with van der Waals surface area (Å²) in [5, 5.41) is 5.40. The number of unbranched alkanes of at least 4 members (excludes halogenated alkanes) is 3. The minimum atomic E-state index is -0.323. The van der Waals surface area contributed by atoms with E-state index in [4.69, 9.17) is 4.74 Å². The third-order valence-corrected chi connectivity index (χ3v) is 4.58. The van der Waals surface area contributed by atoms with E-state index in [1.165, 1.54) is 6.42 Å². The van der Waals surface area contributed by atoms with Crippen LogP contribution in [0.4, 0.5) is 5.69 Å². The molecule has 0 atom stereocenters. The lowest BCUT2D eigenvalue weighted by atomic mass is 10.1. The Kier molecular flexibility index (Phi) is 8.33. The fourth-order valence-electron chi connectivity index (χ4n) is 2.63. The van der Waals surface area contributed by atoms with Gasteiger partial charge < -0.3 is 15.4 Å². The maximum Gasteiger partial charge on any atom is 0.259 e. The van der Waals surface area contributed by atoms with Crippen LogP contribution in [-0.2, 0) is 0 Å². The highest BCUT2D eigenvalue weighted by Gasteiger charge is 2.17. The molecule has 0 bridgehead atoms. The van der Waals surface area contributed by atoms with Gasteiger partial charge in [-0.05, 0) is 36.8 Å². The number of amides is 2. The second-order valence-corrected chi connectivity index (χ2v) is 7.04. The first-order chi connectivity index (χ1) is 13.1. The standard InChI is InChI=1S/C21H25BrN2O3/c1-3-4-5-8-13-27-19-12-11-15(22)14-17(19)21(26)24-18-10-7-6-9-16(18)20(25)23-2/h6-7,9-12,14H,3-5,8,13H2,1-2H3,(H,23,25)(H,24,26). The predicted molar refractivity (Wildman–Crippen MR) is 112 cm³/mol. The summed E-state index contributed by atoms with van der Waals surface area (Å²) in [4.78, 5) is 24.8. The number of anilines is 1. The number of nitrogens with one attached hydrogen (secondary N) is 2. The Labute approximate surface area is 168 Å². The van der Waals surface area contributed by atoms with Gasteiger partial charge in [-0.3, -0.25) is 9.59 Å². The van der Waals surface area contributed by atoms with E-state index < -0.39 is 0 Å². The average Bonchev–Trinajstić information content (AvgIpc) is 2.68. The molecule has 0 aliphatic rings. The van der Waals surface area contributed by atoms with E-state index in [2.05, 4.69) is 33.5 Å². The number of carbonyl (C=O) groups excluding carboxylic acids is 2. The molecular weight excluding hydrogens is 408 g/mol. The number of para-hydroxylation sites is 1. The first-order valence-electron chi connectivity index (χ1n) is 9.11. The molecule has 0 fully saturated rings. The van der Waals surface area contributed by atoms with Gasteiger partial charge in [-0.25, -0.2) is 0 Å². The number of rotatable bonds is 9. The van der Waals surface area contributed by atoms with Crippen LogP contribution >= 0.6 is 15.9 Å². The van der Waals surface area contributed by atoms with Crippen molar-refractivity contribution in [2.75, 3.05) is 19.0 Å². The first kappa shape index (κ1) is 21.0. The molecule has 0 radical (unpaired) electrons. The Hall–Kier alpha value is -2.34. The fraction of sp³-hybridized carbons (Fsp3) is 0.333. The number of ether oxygens (including phenoxy) is 1. The maximum absolute atomic E-state index is 12.8. The monoisotopic (exact) mass is 432 g/mol. The first-order valence-corrected chi connectivity index (χ1v) is 9.91. The Bertz CT molecular complexity index is 793. The molecule has 0 aromatic heterocycles.